The van der Waals surface area contributed by atoms with Crippen LogP contribution in [0.3, 0.4) is 0 Å². The fraction of sp³-hybridized carbons (Fsp3) is 0.647. The van der Waals surface area contributed by atoms with E-state index in [2.05, 4.69) is 11.7 Å². The summed E-state index contributed by atoms with van der Waals surface area (Å²) in [5.41, 5.74) is -0.375. The first-order chi connectivity index (χ1) is 10.8. The van der Waals surface area contributed by atoms with Crippen molar-refractivity contribution >= 4 is 0 Å². The maximum Gasteiger partial charge on any atom is 0.573 e. The van der Waals surface area contributed by atoms with Crippen molar-refractivity contribution in [1.82, 2.24) is 0 Å². The molecule has 23 heavy (non-hydrogen) atoms. The van der Waals surface area contributed by atoms with Gasteiger partial charge in [0.25, 0.3) is 0 Å². The van der Waals surface area contributed by atoms with Crippen molar-refractivity contribution in [1.29, 1.82) is 0 Å². The molecular weight excluding hydrogens is 309 g/mol. The Hall–Kier alpha value is -1.27. The molecule has 0 bridgehead atoms. The van der Waals surface area contributed by atoms with Gasteiger partial charge in [0, 0.05) is 6.61 Å². The maximum absolute atomic E-state index is 12.2. The summed E-state index contributed by atoms with van der Waals surface area (Å²) in [7, 11) is 0. The van der Waals surface area contributed by atoms with Crippen LogP contribution >= 0.6 is 0 Å². The molecule has 1 aliphatic carbocycles. The first-order valence-corrected chi connectivity index (χ1v) is 8.03. The Balaban J connectivity index is 1.91. The fourth-order valence-corrected chi connectivity index (χ4v) is 2.89. The van der Waals surface area contributed by atoms with E-state index in [-0.39, 0.29) is 11.9 Å². The molecule has 0 spiro atoms. The van der Waals surface area contributed by atoms with Gasteiger partial charge in [0.05, 0.1) is 11.7 Å². The number of alkyl halides is 3. The first-order valence-electron chi connectivity index (χ1n) is 8.03. The number of benzene rings is 1. The summed E-state index contributed by atoms with van der Waals surface area (Å²) < 4.78 is 46.1. The van der Waals surface area contributed by atoms with Crippen molar-refractivity contribution in [3.63, 3.8) is 0 Å². The van der Waals surface area contributed by atoms with Crippen LogP contribution in [0, 0.1) is 0 Å². The number of aliphatic hydroxyl groups is 1. The highest BCUT2D eigenvalue weighted by atomic mass is 19.4. The van der Waals surface area contributed by atoms with E-state index in [9.17, 15) is 18.3 Å². The van der Waals surface area contributed by atoms with Crippen LogP contribution in [-0.2, 0) is 10.3 Å². The van der Waals surface area contributed by atoms with Gasteiger partial charge < -0.3 is 14.6 Å². The molecule has 1 saturated carbocycles. The SMILES string of the molecule is CCCCOC1CCC(O)(c2ccc(OC(F)(F)F)cc2)CC1. The van der Waals surface area contributed by atoms with Gasteiger partial charge in [-0.2, -0.15) is 0 Å². The van der Waals surface area contributed by atoms with Gasteiger partial charge in [-0.25, -0.2) is 0 Å². The molecule has 0 saturated heterocycles. The van der Waals surface area contributed by atoms with E-state index < -0.39 is 12.0 Å². The van der Waals surface area contributed by atoms with E-state index >= 15 is 0 Å². The third-order valence-electron chi connectivity index (χ3n) is 4.24. The average molecular weight is 332 g/mol. The van der Waals surface area contributed by atoms with Crippen LogP contribution in [0.2, 0.25) is 0 Å². The molecular formula is C17H23F3O3. The minimum Gasteiger partial charge on any atom is -0.406 e. The van der Waals surface area contributed by atoms with Gasteiger partial charge in [-0.3, -0.25) is 0 Å². The predicted molar refractivity (Wildman–Crippen MR) is 80.1 cm³/mol. The Kier molecular flexibility index (Phi) is 5.92. The van der Waals surface area contributed by atoms with E-state index in [0.29, 0.717) is 18.4 Å². The Bertz CT molecular complexity index is 477. The number of halogens is 3. The molecule has 1 aromatic carbocycles. The molecule has 130 valence electrons. The quantitative estimate of drug-likeness (QED) is 0.778. The average Bonchev–Trinajstić information content (AvgIpc) is 2.49. The lowest BCUT2D eigenvalue weighted by Gasteiger charge is -2.36. The first kappa shape index (κ1) is 18.1. The maximum atomic E-state index is 12.2. The van der Waals surface area contributed by atoms with Crippen molar-refractivity contribution in [3.8, 4) is 5.75 Å². The Morgan fingerprint density at radius 2 is 1.78 bits per heavy atom. The molecule has 0 atom stereocenters. The van der Waals surface area contributed by atoms with E-state index in [1.165, 1.54) is 24.3 Å². The van der Waals surface area contributed by atoms with Crippen molar-refractivity contribution in [2.24, 2.45) is 0 Å². The van der Waals surface area contributed by atoms with Gasteiger partial charge in [0.2, 0.25) is 0 Å². The van der Waals surface area contributed by atoms with E-state index in [4.69, 9.17) is 4.74 Å². The van der Waals surface area contributed by atoms with E-state index in [0.717, 1.165) is 32.3 Å². The van der Waals surface area contributed by atoms with Gasteiger partial charge in [-0.1, -0.05) is 25.5 Å². The summed E-state index contributed by atoms with van der Waals surface area (Å²) >= 11 is 0. The third-order valence-corrected chi connectivity index (χ3v) is 4.24. The van der Waals surface area contributed by atoms with Gasteiger partial charge in [-0.05, 0) is 49.8 Å². The molecule has 0 heterocycles. The van der Waals surface area contributed by atoms with Crippen molar-refractivity contribution in [2.75, 3.05) is 6.61 Å². The summed E-state index contributed by atoms with van der Waals surface area (Å²) in [6.45, 7) is 2.85. The molecule has 3 nitrogen and oxygen atoms in total. The van der Waals surface area contributed by atoms with E-state index in [1.807, 2.05) is 0 Å². The lowest BCUT2D eigenvalue weighted by atomic mass is 9.78. The van der Waals surface area contributed by atoms with Gasteiger partial charge in [0.1, 0.15) is 5.75 Å². The van der Waals surface area contributed by atoms with Crippen LogP contribution in [-0.4, -0.2) is 24.2 Å². The fourth-order valence-electron chi connectivity index (χ4n) is 2.89. The molecule has 1 aliphatic rings. The predicted octanol–water partition coefficient (Wildman–Crippen LogP) is 4.53. The number of ether oxygens (including phenoxy) is 2. The second-order valence-electron chi connectivity index (χ2n) is 6.03. The van der Waals surface area contributed by atoms with Crippen molar-refractivity contribution in [3.05, 3.63) is 29.8 Å². The highest BCUT2D eigenvalue weighted by molar-refractivity contribution is 5.31. The lowest BCUT2D eigenvalue weighted by Crippen LogP contribution is -2.34. The topological polar surface area (TPSA) is 38.7 Å². The molecule has 1 aromatic rings. The summed E-state index contributed by atoms with van der Waals surface area (Å²) in [6, 6.07) is 5.48. The second kappa shape index (κ2) is 7.53. The molecule has 1 N–H and O–H groups in total. The summed E-state index contributed by atoms with van der Waals surface area (Å²) in [6.07, 6.45) is 0.167. The zero-order valence-corrected chi connectivity index (χ0v) is 13.2. The molecule has 0 aromatic heterocycles. The van der Waals surface area contributed by atoms with Gasteiger partial charge in [0.15, 0.2) is 0 Å². The minimum atomic E-state index is -4.70. The monoisotopic (exact) mass is 332 g/mol. The molecule has 1 fully saturated rings. The normalized spacial score (nSPS) is 25.3. The molecule has 6 heteroatoms. The smallest absolute Gasteiger partial charge is 0.406 e. The van der Waals surface area contributed by atoms with Crippen molar-refractivity contribution < 1.29 is 27.8 Å². The number of unbranched alkanes of at least 4 members (excludes halogenated alkanes) is 1. The largest absolute Gasteiger partial charge is 0.573 e. The molecule has 0 unspecified atom stereocenters. The Labute approximate surface area is 134 Å². The highest BCUT2D eigenvalue weighted by Crippen LogP contribution is 2.38. The van der Waals surface area contributed by atoms with Crippen LogP contribution in [0.15, 0.2) is 24.3 Å². The van der Waals surface area contributed by atoms with Crippen molar-refractivity contribution in [2.45, 2.75) is 63.5 Å². The molecule has 0 radical (unpaired) electrons. The number of rotatable bonds is 6. The van der Waals surface area contributed by atoms with E-state index in [1.54, 1.807) is 0 Å². The zero-order valence-electron chi connectivity index (χ0n) is 13.2. The number of hydrogen-bond donors (Lipinski definition) is 1. The molecule has 0 aliphatic heterocycles. The second-order valence-corrected chi connectivity index (χ2v) is 6.03. The molecule has 0 amide bonds. The van der Waals surface area contributed by atoms with Crippen LogP contribution in [0.1, 0.15) is 51.0 Å². The summed E-state index contributed by atoms with van der Waals surface area (Å²) in [5, 5.41) is 10.7. The Morgan fingerprint density at radius 1 is 1.17 bits per heavy atom. The van der Waals surface area contributed by atoms with Gasteiger partial charge >= 0.3 is 6.36 Å². The molecule has 2 rings (SSSR count). The summed E-state index contributed by atoms with van der Waals surface area (Å²) in [4.78, 5) is 0. The van der Waals surface area contributed by atoms with Gasteiger partial charge in [-0.15, -0.1) is 13.2 Å². The summed E-state index contributed by atoms with van der Waals surface area (Å²) in [5.74, 6) is -0.276. The van der Waals surface area contributed by atoms with Crippen LogP contribution in [0.4, 0.5) is 13.2 Å². The Morgan fingerprint density at radius 3 is 2.30 bits per heavy atom. The lowest BCUT2D eigenvalue weighted by molar-refractivity contribution is -0.274. The third kappa shape index (κ3) is 5.39. The standard InChI is InChI=1S/C17H23F3O3/c1-2-3-12-22-14-8-10-16(21,11-9-14)13-4-6-15(7-5-13)23-17(18,19)20/h4-7,14,21H,2-3,8-12H2,1H3. The van der Waals surface area contributed by atoms with Crippen LogP contribution in [0.25, 0.3) is 0 Å². The van der Waals surface area contributed by atoms with Crippen LogP contribution in [0.5, 0.6) is 5.75 Å². The minimum absolute atomic E-state index is 0.162. The zero-order chi connectivity index (χ0) is 16.9. The van der Waals surface area contributed by atoms with Crippen LogP contribution < -0.4 is 4.74 Å². The highest BCUT2D eigenvalue weighted by Gasteiger charge is 2.35. The number of hydrogen-bond acceptors (Lipinski definition) is 3.